The molecule has 1 amide bonds. The van der Waals surface area contributed by atoms with E-state index in [4.69, 9.17) is 5.73 Å². The van der Waals surface area contributed by atoms with Gasteiger partial charge in [0.1, 0.15) is 12.1 Å². The molecule has 0 aliphatic heterocycles. The van der Waals surface area contributed by atoms with E-state index in [1.165, 1.54) is 18.5 Å². The minimum absolute atomic E-state index is 0. The van der Waals surface area contributed by atoms with Crippen molar-refractivity contribution in [1.29, 1.82) is 0 Å². The molecule has 94 valence electrons. The first-order valence-corrected chi connectivity index (χ1v) is 5.17. The summed E-state index contributed by atoms with van der Waals surface area (Å²) in [4.78, 5) is 20.5. The predicted molar refractivity (Wildman–Crippen MR) is 67.1 cm³/mol. The number of primary amides is 1. The summed E-state index contributed by atoms with van der Waals surface area (Å²) in [6, 6.07) is 3.92. The van der Waals surface area contributed by atoms with Crippen LogP contribution < -0.4 is 10.6 Å². The maximum Gasteiger partial charge on any atom is 0.248 e. The molecule has 1 aromatic heterocycles. The summed E-state index contributed by atoms with van der Waals surface area (Å²) < 4.78 is 13.4. The van der Waals surface area contributed by atoms with Gasteiger partial charge < -0.3 is 10.6 Å². The van der Waals surface area contributed by atoms with E-state index in [2.05, 4.69) is 9.97 Å². The molecule has 6 heteroatoms. The smallest absolute Gasteiger partial charge is 0.248 e. The average molecular weight is 248 g/mol. The summed E-state index contributed by atoms with van der Waals surface area (Å²) in [7, 11) is 1.72. The summed E-state index contributed by atoms with van der Waals surface area (Å²) in [6.45, 7) is 0. The minimum atomic E-state index is -0.673. The largest absolute Gasteiger partial charge is 0.366 e. The standard InChI is InChI=1S/C12H11FN4O.H2/c1-17(11-5-15-7-16-6-11)10-3-8(12(14)18)2-9(13)4-10;/h2-7H,1H3,(H2,14,18);1H. The van der Waals surface area contributed by atoms with Crippen molar-refractivity contribution in [3.8, 4) is 0 Å². The van der Waals surface area contributed by atoms with Crippen molar-refractivity contribution in [2.24, 2.45) is 5.73 Å². The summed E-state index contributed by atoms with van der Waals surface area (Å²) in [5.74, 6) is -1.20. The molecule has 0 unspecified atom stereocenters. The van der Waals surface area contributed by atoms with E-state index in [-0.39, 0.29) is 6.99 Å². The zero-order valence-corrected chi connectivity index (χ0v) is 9.67. The molecule has 18 heavy (non-hydrogen) atoms. The van der Waals surface area contributed by atoms with Gasteiger partial charge in [-0.25, -0.2) is 14.4 Å². The fraction of sp³-hybridized carbons (Fsp3) is 0.0833. The number of amides is 1. The van der Waals surface area contributed by atoms with Gasteiger partial charge >= 0.3 is 0 Å². The molecule has 5 nitrogen and oxygen atoms in total. The van der Waals surface area contributed by atoms with E-state index >= 15 is 0 Å². The highest BCUT2D eigenvalue weighted by Gasteiger charge is 2.10. The van der Waals surface area contributed by atoms with Crippen LogP contribution in [0.5, 0.6) is 0 Å². The van der Waals surface area contributed by atoms with Crippen LogP contribution in [0.3, 0.4) is 0 Å². The second-order valence-electron chi connectivity index (χ2n) is 3.72. The van der Waals surface area contributed by atoms with Gasteiger partial charge in [-0.3, -0.25) is 4.79 Å². The van der Waals surface area contributed by atoms with Crippen LogP contribution in [0.2, 0.25) is 0 Å². The molecule has 1 aromatic carbocycles. The lowest BCUT2D eigenvalue weighted by Gasteiger charge is -2.19. The molecule has 2 rings (SSSR count). The predicted octanol–water partition coefficient (Wildman–Crippen LogP) is 1.73. The molecular formula is C12H13FN4O. The summed E-state index contributed by atoms with van der Waals surface area (Å²) in [5, 5.41) is 0. The molecule has 0 fully saturated rings. The van der Waals surface area contributed by atoms with Crippen molar-refractivity contribution in [2.75, 3.05) is 11.9 Å². The molecule has 0 bridgehead atoms. The molecule has 2 aromatic rings. The van der Waals surface area contributed by atoms with E-state index in [0.717, 1.165) is 6.07 Å². The van der Waals surface area contributed by atoms with Gasteiger partial charge in [-0.2, -0.15) is 0 Å². The molecule has 0 spiro atoms. The third-order valence-corrected chi connectivity index (χ3v) is 2.49. The topological polar surface area (TPSA) is 72.1 Å². The first kappa shape index (κ1) is 12.0. The van der Waals surface area contributed by atoms with Gasteiger partial charge in [0.05, 0.1) is 18.1 Å². The zero-order chi connectivity index (χ0) is 13.1. The number of carbonyl (C=O) groups is 1. The number of benzene rings is 1. The summed E-state index contributed by atoms with van der Waals surface area (Å²) in [5.41, 5.74) is 6.44. The lowest BCUT2D eigenvalue weighted by atomic mass is 10.1. The number of rotatable bonds is 3. The Kier molecular flexibility index (Phi) is 3.18. The number of anilines is 2. The maximum atomic E-state index is 13.4. The quantitative estimate of drug-likeness (QED) is 0.897. The molecule has 0 saturated carbocycles. The fourth-order valence-corrected chi connectivity index (χ4v) is 1.52. The van der Waals surface area contributed by atoms with Gasteiger partial charge in [-0.05, 0) is 18.2 Å². The first-order valence-electron chi connectivity index (χ1n) is 5.17. The van der Waals surface area contributed by atoms with Crippen molar-refractivity contribution in [3.63, 3.8) is 0 Å². The molecule has 0 aliphatic carbocycles. The number of nitrogens with zero attached hydrogens (tertiary/aromatic N) is 3. The van der Waals surface area contributed by atoms with Crippen LogP contribution in [0.1, 0.15) is 11.8 Å². The number of hydrogen-bond donors (Lipinski definition) is 1. The molecule has 0 atom stereocenters. The third-order valence-electron chi connectivity index (χ3n) is 2.49. The Morgan fingerprint density at radius 2 is 1.94 bits per heavy atom. The van der Waals surface area contributed by atoms with Gasteiger partial charge in [0.15, 0.2) is 0 Å². The average Bonchev–Trinajstić information content (AvgIpc) is 2.38. The van der Waals surface area contributed by atoms with Crippen LogP contribution in [-0.2, 0) is 0 Å². The van der Waals surface area contributed by atoms with Crippen molar-refractivity contribution in [3.05, 3.63) is 48.3 Å². The van der Waals surface area contributed by atoms with Crippen LogP contribution in [-0.4, -0.2) is 22.9 Å². The molecule has 0 aliphatic rings. The Hall–Kier alpha value is -2.50. The molecule has 1 heterocycles. The second-order valence-corrected chi connectivity index (χ2v) is 3.72. The van der Waals surface area contributed by atoms with Crippen molar-refractivity contribution in [1.82, 2.24) is 9.97 Å². The Bertz CT molecular complexity index is 579. The SMILES string of the molecule is CN(c1cncnc1)c1cc(F)cc(C(N)=O)c1.[HH]. The van der Waals surface area contributed by atoms with Crippen molar-refractivity contribution in [2.45, 2.75) is 0 Å². The van der Waals surface area contributed by atoms with E-state index < -0.39 is 11.7 Å². The number of hydrogen-bond acceptors (Lipinski definition) is 4. The van der Waals surface area contributed by atoms with Gasteiger partial charge in [0.2, 0.25) is 5.91 Å². The lowest BCUT2D eigenvalue weighted by Crippen LogP contribution is -2.15. The Morgan fingerprint density at radius 3 is 2.56 bits per heavy atom. The highest BCUT2D eigenvalue weighted by Crippen LogP contribution is 2.24. The number of carbonyl (C=O) groups excluding carboxylic acids is 1. The normalized spacial score (nSPS) is 10.1. The van der Waals surface area contributed by atoms with E-state index in [1.807, 2.05) is 0 Å². The summed E-state index contributed by atoms with van der Waals surface area (Å²) >= 11 is 0. The van der Waals surface area contributed by atoms with Crippen LogP contribution in [0, 0.1) is 5.82 Å². The van der Waals surface area contributed by atoms with Crippen LogP contribution in [0.4, 0.5) is 15.8 Å². The summed E-state index contributed by atoms with van der Waals surface area (Å²) in [6.07, 6.45) is 4.57. The zero-order valence-electron chi connectivity index (χ0n) is 9.67. The minimum Gasteiger partial charge on any atom is -0.366 e. The molecule has 0 radical (unpaired) electrons. The number of nitrogens with two attached hydrogens (primary N) is 1. The maximum absolute atomic E-state index is 13.4. The Balaban J connectivity index is 0.00000180. The Labute approximate surface area is 105 Å². The monoisotopic (exact) mass is 248 g/mol. The third kappa shape index (κ3) is 2.42. The van der Waals surface area contributed by atoms with Gasteiger partial charge in [0.25, 0.3) is 0 Å². The van der Waals surface area contributed by atoms with Crippen LogP contribution >= 0.6 is 0 Å². The molecule has 2 N–H and O–H groups in total. The Morgan fingerprint density at radius 1 is 1.28 bits per heavy atom. The first-order chi connectivity index (χ1) is 8.58. The van der Waals surface area contributed by atoms with Crippen molar-refractivity contribution >= 4 is 17.3 Å². The molecular weight excluding hydrogens is 235 g/mol. The lowest BCUT2D eigenvalue weighted by molar-refractivity contribution is 0.1000. The number of halogens is 1. The van der Waals surface area contributed by atoms with Crippen molar-refractivity contribution < 1.29 is 10.6 Å². The van der Waals surface area contributed by atoms with Gasteiger partial charge in [0, 0.05) is 19.7 Å². The van der Waals surface area contributed by atoms with E-state index in [9.17, 15) is 9.18 Å². The van der Waals surface area contributed by atoms with Crippen LogP contribution in [0.15, 0.2) is 36.9 Å². The number of aromatic nitrogens is 2. The molecule has 0 saturated heterocycles. The van der Waals surface area contributed by atoms with Gasteiger partial charge in [-0.15, -0.1) is 0 Å². The second kappa shape index (κ2) is 4.79. The van der Waals surface area contributed by atoms with E-state index in [1.54, 1.807) is 24.3 Å². The van der Waals surface area contributed by atoms with E-state index in [0.29, 0.717) is 11.4 Å². The highest BCUT2D eigenvalue weighted by atomic mass is 19.1. The van der Waals surface area contributed by atoms with Crippen LogP contribution in [0.25, 0.3) is 0 Å². The fourth-order valence-electron chi connectivity index (χ4n) is 1.52. The van der Waals surface area contributed by atoms with Gasteiger partial charge in [-0.1, -0.05) is 0 Å². The highest BCUT2D eigenvalue weighted by molar-refractivity contribution is 5.94.